The van der Waals surface area contributed by atoms with Crippen LogP contribution in [0.3, 0.4) is 0 Å². The number of non-ortho nitro benzene ring substituents is 1. The summed E-state index contributed by atoms with van der Waals surface area (Å²) >= 11 is 0. The van der Waals surface area contributed by atoms with E-state index in [-0.39, 0.29) is 5.69 Å². The van der Waals surface area contributed by atoms with Gasteiger partial charge in [-0.05, 0) is 31.1 Å². The molecule has 2 atom stereocenters. The van der Waals surface area contributed by atoms with Crippen LogP contribution in [0.25, 0.3) is 6.08 Å². The van der Waals surface area contributed by atoms with Gasteiger partial charge in [-0.2, -0.15) is 0 Å². The summed E-state index contributed by atoms with van der Waals surface area (Å²) in [5.41, 5.74) is 1.28. The van der Waals surface area contributed by atoms with Gasteiger partial charge in [0, 0.05) is 18.2 Å². The zero-order valence-electron chi connectivity index (χ0n) is 15.0. The van der Waals surface area contributed by atoms with Gasteiger partial charge in [0.15, 0.2) is 0 Å². The van der Waals surface area contributed by atoms with Crippen LogP contribution in [-0.2, 0) is 14.3 Å². The van der Waals surface area contributed by atoms with Crippen LogP contribution in [0.1, 0.15) is 31.1 Å². The van der Waals surface area contributed by atoms with Crippen molar-refractivity contribution in [2.75, 3.05) is 0 Å². The number of carbonyl (C=O) groups excluding carboxylic acids is 2. The molecule has 2 aromatic rings. The van der Waals surface area contributed by atoms with E-state index in [9.17, 15) is 19.7 Å². The number of hydrogen-bond donors (Lipinski definition) is 1. The van der Waals surface area contributed by atoms with E-state index in [0.29, 0.717) is 5.56 Å². The Morgan fingerprint density at radius 2 is 1.81 bits per heavy atom. The van der Waals surface area contributed by atoms with E-state index in [4.69, 9.17) is 4.74 Å². The van der Waals surface area contributed by atoms with Crippen LogP contribution in [0.5, 0.6) is 0 Å². The van der Waals surface area contributed by atoms with Crippen LogP contribution in [0.15, 0.2) is 60.7 Å². The minimum absolute atomic E-state index is 0.0807. The van der Waals surface area contributed by atoms with Crippen molar-refractivity contribution < 1.29 is 19.2 Å². The summed E-state index contributed by atoms with van der Waals surface area (Å²) in [6, 6.07) is 14.3. The van der Waals surface area contributed by atoms with Crippen molar-refractivity contribution in [3.63, 3.8) is 0 Å². The van der Waals surface area contributed by atoms with Crippen molar-refractivity contribution >= 4 is 23.6 Å². The topological polar surface area (TPSA) is 98.5 Å². The van der Waals surface area contributed by atoms with Crippen molar-refractivity contribution in [3.8, 4) is 0 Å². The van der Waals surface area contributed by atoms with Crippen molar-refractivity contribution in [2.45, 2.75) is 26.0 Å². The van der Waals surface area contributed by atoms with Crippen molar-refractivity contribution in [1.82, 2.24) is 5.32 Å². The summed E-state index contributed by atoms with van der Waals surface area (Å²) in [5.74, 6) is -1.05. The second kappa shape index (κ2) is 9.28. The SMILES string of the molecule is C[C@H](NC(=O)/C=C/c1ccccc1)C(=O)O[C@@H](C)c1cccc([N+](=O)[O-])c1. The summed E-state index contributed by atoms with van der Waals surface area (Å²) in [5, 5.41) is 13.4. The number of benzene rings is 2. The van der Waals surface area contributed by atoms with Gasteiger partial charge in [0.25, 0.3) is 5.69 Å². The second-order valence-corrected chi connectivity index (χ2v) is 5.91. The first kappa shape index (κ1) is 19.8. The number of nitrogens with zero attached hydrogens (tertiary/aromatic N) is 1. The normalized spacial score (nSPS) is 13.0. The number of rotatable bonds is 7. The van der Waals surface area contributed by atoms with Crippen LogP contribution >= 0.6 is 0 Å². The van der Waals surface area contributed by atoms with Crippen molar-refractivity contribution in [2.24, 2.45) is 0 Å². The molecule has 0 aliphatic rings. The molecule has 0 aliphatic carbocycles. The first-order valence-electron chi connectivity index (χ1n) is 8.35. The molecule has 0 bridgehead atoms. The quantitative estimate of drug-likeness (QED) is 0.349. The summed E-state index contributed by atoms with van der Waals surface area (Å²) in [4.78, 5) is 34.4. The maximum Gasteiger partial charge on any atom is 0.328 e. The molecule has 2 aromatic carbocycles. The summed E-state index contributed by atoms with van der Waals surface area (Å²) in [6.07, 6.45) is 2.29. The van der Waals surface area contributed by atoms with E-state index in [2.05, 4.69) is 5.32 Å². The maximum absolute atomic E-state index is 12.2. The van der Waals surface area contributed by atoms with Crippen molar-refractivity contribution in [1.29, 1.82) is 0 Å². The number of amides is 1. The molecular weight excluding hydrogens is 348 g/mol. The second-order valence-electron chi connectivity index (χ2n) is 5.91. The van der Waals surface area contributed by atoms with Crippen LogP contribution in [0, 0.1) is 10.1 Å². The van der Waals surface area contributed by atoms with Gasteiger partial charge >= 0.3 is 5.97 Å². The van der Waals surface area contributed by atoms with E-state index in [1.165, 1.54) is 31.2 Å². The lowest BCUT2D eigenvalue weighted by molar-refractivity contribution is -0.385. The molecule has 0 aliphatic heterocycles. The van der Waals surface area contributed by atoms with Crippen LogP contribution in [0.2, 0.25) is 0 Å². The molecule has 1 amide bonds. The first-order valence-corrected chi connectivity index (χ1v) is 8.35. The summed E-state index contributed by atoms with van der Waals surface area (Å²) in [7, 11) is 0. The lowest BCUT2D eigenvalue weighted by Crippen LogP contribution is -2.39. The molecule has 0 fully saturated rings. The first-order chi connectivity index (χ1) is 12.9. The Morgan fingerprint density at radius 3 is 2.48 bits per heavy atom. The molecule has 1 N–H and O–H groups in total. The molecule has 7 heteroatoms. The van der Waals surface area contributed by atoms with Gasteiger partial charge in [0.2, 0.25) is 5.91 Å². The molecule has 0 radical (unpaired) electrons. The van der Waals surface area contributed by atoms with Gasteiger partial charge in [0.1, 0.15) is 12.1 Å². The Morgan fingerprint density at radius 1 is 1.11 bits per heavy atom. The zero-order chi connectivity index (χ0) is 19.8. The predicted octanol–water partition coefficient (Wildman–Crippen LogP) is 3.42. The Balaban J connectivity index is 1.91. The average molecular weight is 368 g/mol. The highest BCUT2D eigenvalue weighted by Gasteiger charge is 2.20. The lowest BCUT2D eigenvalue weighted by atomic mass is 10.1. The minimum atomic E-state index is -0.862. The number of esters is 1. The molecule has 0 aromatic heterocycles. The maximum atomic E-state index is 12.2. The van der Waals surface area contributed by atoms with Gasteiger partial charge in [-0.3, -0.25) is 14.9 Å². The van der Waals surface area contributed by atoms with Gasteiger partial charge in [-0.1, -0.05) is 42.5 Å². The minimum Gasteiger partial charge on any atom is -0.456 e. The number of hydrogen-bond acceptors (Lipinski definition) is 5. The van der Waals surface area contributed by atoms with Crippen LogP contribution in [-0.4, -0.2) is 22.8 Å². The fraction of sp³-hybridized carbons (Fsp3) is 0.200. The van der Waals surface area contributed by atoms with Crippen LogP contribution < -0.4 is 5.32 Å². The Kier molecular flexibility index (Phi) is 6.82. The zero-order valence-corrected chi connectivity index (χ0v) is 15.0. The van der Waals surface area contributed by atoms with Gasteiger partial charge in [0.05, 0.1) is 4.92 Å². The summed E-state index contributed by atoms with van der Waals surface area (Å²) in [6.45, 7) is 3.12. The Hall–Kier alpha value is -3.48. The number of nitrogens with one attached hydrogen (secondary N) is 1. The van der Waals surface area contributed by atoms with E-state index in [0.717, 1.165) is 5.56 Å². The lowest BCUT2D eigenvalue weighted by Gasteiger charge is -2.17. The molecule has 0 saturated carbocycles. The number of nitro benzene ring substituents is 1. The molecule has 0 saturated heterocycles. The number of nitro groups is 1. The molecule has 27 heavy (non-hydrogen) atoms. The molecule has 0 spiro atoms. The van der Waals surface area contributed by atoms with Gasteiger partial charge < -0.3 is 10.1 Å². The van der Waals surface area contributed by atoms with E-state index >= 15 is 0 Å². The monoisotopic (exact) mass is 368 g/mol. The average Bonchev–Trinajstić information content (AvgIpc) is 2.67. The highest BCUT2D eigenvalue weighted by atomic mass is 16.6. The smallest absolute Gasteiger partial charge is 0.328 e. The third kappa shape index (κ3) is 6.07. The Bertz CT molecular complexity index is 848. The Labute approximate surface area is 156 Å². The van der Waals surface area contributed by atoms with Crippen LogP contribution in [0.4, 0.5) is 5.69 Å². The molecule has 2 rings (SSSR count). The van der Waals surface area contributed by atoms with Gasteiger partial charge in [-0.25, -0.2) is 4.79 Å². The van der Waals surface area contributed by atoms with Crippen molar-refractivity contribution in [3.05, 3.63) is 81.9 Å². The standard InChI is InChI=1S/C20H20N2O5/c1-14(21-19(23)12-11-16-7-4-3-5-8-16)20(24)27-15(2)17-9-6-10-18(13-17)22(25)26/h3-15H,1-2H3,(H,21,23)/b12-11+/t14-,15-/m0/s1. The third-order valence-corrected chi connectivity index (χ3v) is 3.78. The third-order valence-electron chi connectivity index (χ3n) is 3.78. The molecule has 140 valence electrons. The molecular formula is C20H20N2O5. The van der Waals surface area contributed by atoms with E-state index in [1.807, 2.05) is 30.3 Å². The predicted molar refractivity (Wildman–Crippen MR) is 101 cm³/mol. The highest BCUT2D eigenvalue weighted by Crippen LogP contribution is 2.22. The fourth-order valence-corrected chi connectivity index (χ4v) is 2.29. The van der Waals surface area contributed by atoms with Gasteiger partial charge in [-0.15, -0.1) is 0 Å². The van der Waals surface area contributed by atoms with E-state index < -0.39 is 28.9 Å². The number of carbonyl (C=O) groups is 2. The molecule has 7 nitrogen and oxygen atoms in total. The summed E-state index contributed by atoms with van der Waals surface area (Å²) < 4.78 is 5.30. The number of ether oxygens (including phenoxy) is 1. The fourth-order valence-electron chi connectivity index (χ4n) is 2.29. The largest absolute Gasteiger partial charge is 0.456 e. The molecule has 0 unspecified atom stereocenters. The van der Waals surface area contributed by atoms with E-state index in [1.54, 1.807) is 19.1 Å². The highest BCUT2D eigenvalue weighted by molar-refractivity contribution is 5.94. The molecule has 0 heterocycles.